The molecule has 0 heterocycles. The molecule has 3 aliphatic rings. The first kappa shape index (κ1) is 16.5. The Morgan fingerprint density at radius 3 is 2.61 bits per heavy atom. The molecule has 0 bridgehead atoms. The van der Waals surface area contributed by atoms with Crippen LogP contribution in [0.15, 0.2) is 42.0 Å². The summed E-state index contributed by atoms with van der Waals surface area (Å²) in [6, 6.07) is 0. The second-order valence-electron chi connectivity index (χ2n) is 5.03. The molecule has 1 atom stereocenters. The van der Waals surface area contributed by atoms with Gasteiger partial charge in [0.2, 0.25) is 0 Å². The summed E-state index contributed by atoms with van der Waals surface area (Å²) in [5, 5.41) is 0. The molecule has 3 aliphatic carbocycles. The molecule has 96 valence electrons. The van der Waals surface area contributed by atoms with Crippen LogP contribution in [0.2, 0.25) is 0 Å². The normalized spacial score (nSPS) is 24.6. The molecule has 1 unspecified atom stereocenters. The van der Waals surface area contributed by atoms with Crippen molar-refractivity contribution in [2.24, 2.45) is 5.92 Å². The van der Waals surface area contributed by atoms with E-state index in [-0.39, 0.29) is 24.8 Å². The van der Waals surface area contributed by atoms with Crippen molar-refractivity contribution in [1.82, 2.24) is 0 Å². The van der Waals surface area contributed by atoms with Gasteiger partial charge in [-0.15, -0.1) is 0 Å². The van der Waals surface area contributed by atoms with Crippen LogP contribution in [0, 0.1) is 5.92 Å². The van der Waals surface area contributed by atoms with E-state index in [9.17, 15) is 0 Å². The minimum absolute atomic E-state index is 0. The number of hydrogen-bond donors (Lipinski definition) is 0. The van der Waals surface area contributed by atoms with Crippen LogP contribution in [0.1, 0.15) is 39.0 Å². The zero-order valence-electron chi connectivity index (χ0n) is 10.7. The van der Waals surface area contributed by atoms with Crippen LogP contribution in [0.25, 0.3) is 0 Å². The molecule has 0 aromatic carbocycles. The van der Waals surface area contributed by atoms with Crippen LogP contribution in [-0.2, 0) is 23.2 Å². The van der Waals surface area contributed by atoms with E-state index in [0.717, 1.165) is 5.92 Å². The Balaban J connectivity index is 0.000000810. The van der Waals surface area contributed by atoms with Crippen LogP contribution in [0.3, 0.4) is 0 Å². The maximum absolute atomic E-state index is 2.59. The van der Waals surface area contributed by atoms with Gasteiger partial charge < -0.3 is 24.8 Å². The summed E-state index contributed by atoms with van der Waals surface area (Å²) in [6.45, 7) is 2.45. The first-order valence-corrected chi connectivity index (χ1v) is 8.86. The average molecular weight is 360 g/mol. The molecule has 0 aliphatic heterocycles. The van der Waals surface area contributed by atoms with Gasteiger partial charge >= 0.3 is 110 Å². The van der Waals surface area contributed by atoms with Gasteiger partial charge in [0, 0.05) is 0 Å². The van der Waals surface area contributed by atoms with E-state index < -0.39 is 23.2 Å². The number of halogens is 2. The molecule has 0 spiro atoms. The first-order chi connectivity index (χ1) is 7.84. The number of hydrogen-bond acceptors (Lipinski definition) is 0. The van der Waals surface area contributed by atoms with Gasteiger partial charge in [0.25, 0.3) is 0 Å². The fraction of sp³-hybridized carbons (Fsp3) is 0.467. The molecule has 0 fully saturated rings. The van der Waals surface area contributed by atoms with E-state index in [1.807, 2.05) is 3.28 Å². The Hall–Kier alpha value is 0.423. The topological polar surface area (TPSA) is 0 Å². The molecule has 0 aromatic rings. The van der Waals surface area contributed by atoms with E-state index in [1.165, 1.54) is 32.1 Å². The molecular formula is C15H18Cl2Zr. The Kier molecular flexibility index (Phi) is 6.66. The van der Waals surface area contributed by atoms with Crippen molar-refractivity contribution in [3.63, 3.8) is 0 Å². The average Bonchev–Trinajstić information content (AvgIpc) is 2.90. The maximum Gasteiger partial charge on any atom is -1.00 e. The molecule has 3 rings (SSSR count). The SMILES string of the molecule is CC1[C]([Zr+2][C]2=CC=CC2)=CC2=C1CCCC2.[Cl-].[Cl-]. The van der Waals surface area contributed by atoms with Crippen LogP contribution in [-0.4, -0.2) is 0 Å². The smallest absolute Gasteiger partial charge is 1.00 e. The standard InChI is InChI=1S/C10H13.C5H5.2ClH.Zr/c1-8-6-7-9-4-2-3-5-10(8)9;1-2-4-5-3-1;;;/h7-8H,2-5H2,1H3;1-3H,4H2;2*1H;/q;;;;+2/p-2. The Labute approximate surface area is 134 Å². The van der Waals surface area contributed by atoms with Crippen molar-refractivity contribution in [2.75, 3.05) is 0 Å². The summed E-state index contributed by atoms with van der Waals surface area (Å²) in [7, 11) is 0. The van der Waals surface area contributed by atoms with E-state index in [0.29, 0.717) is 0 Å². The Morgan fingerprint density at radius 2 is 1.94 bits per heavy atom. The largest absolute Gasteiger partial charge is 1.00 e. The van der Waals surface area contributed by atoms with Crippen molar-refractivity contribution in [2.45, 2.75) is 39.0 Å². The molecular weight excluding hydrogens is 342 g/mol. The quantitative estimate of drug-likeness (QED) is 0.552. The summed E-state index contributed by atoms with van der Waals surface area (Å²) in [5.41, 5.74) is 3.52. The van der Waals surface area contributed by atoms with Gasteiger partial charge in [-0.3, -0.25) is 0 Å². The van der Waals surface area contributed by atoms with Gasteiger partial charge in [0.05, 0.1) is 0 Å². The molecule has 0 aromatic heterocycles. The summed E-state index contributed by atoms with van der Waals surface area (Å²) in [5.74, 6) is 0.809. The zero-order valence-corrected chi connectivity index (χ0v) is 14.6. The van der Waals surface area contributed by atoms with Gasteiger partial charge in [-0.1, -0.05) is 0 Å². The molecule has 0 saturated carbocycles. The fourth-order valence-corrected chi connectivity index (χ4v) is 6.44. The third-order valence-corrected chi connectivity index (χ3v) is 7.78. The monoisotopic (exact) mass is 358 g/mol. The molecule has 0 nitrogen and oxygen atoms in total. The number of allylic oxidation sites excluding steroid dienone is 8. The van der Waals surface area contributed by atoms with Crippen LogP contribution < -0.4 is 24.8 Å². The fourth-order valence-electron chi connectivity index (χ4n) is 2.98. The number of rotatable bonds is 2. The van der Waals surface area contributed by atoms with Gasteiger partial charge in [0.1, 0.15) is 0 Å². The van der Waals surface area contributed by atoms with Gasteiger partial charge in [-0.2, -0.15) is 0 Å². The predicted octanol–water partition coefficient (Wildman–Crippen LogP) is -1.68. The zero-order chi connectivity index (χ0) is 11.0. The molecule has 0 N–H and O–H groups in total. The summed E-state index contributed by atoms with van der Waals surface area (Å²) in [6.07, 6.45) is 16.4. The van der Waals surface area contributed by atoms with Crippen LogP contribution in [0.5, 0.6) is 0 Å². The first-order valence-electron chi connectivity index (χ1n) is 6.41. The van der Waals surface area contributed by atoms with Gasteiger partial charge in [-0.05, 0) is 0 Å². The third-order valence-electron chi connectivity index (χ3n) is 3.95. The van der Waals surface area contributed by atoms with E-state index in [2.05, 4.69) is 31.2 Å². The van der Waals surface area contributed by atoms with Crippen LogP contribution >= 0.6 is 0 Å². The second-order valence-corrected chi connectivity index (χ2v) is 8.64. The van der Waals surface area contributed by atoms with Crippen molar-refractivity contribution in [3.8, 4) is 0 Å². The molecule has 18 heavy (non-hydrogen) atoms. The van der Waals surface area contributed by atoms with Gasteiger partial charge in [0.15, 0.2) is 0 Å². The van der Waals surface area contributed by atoms with Crippen LogP contribution in [0.4, 0.5) is 0 Å². The second kappa shape index (κ2) is 7.27. The summed E-state index contributed by atoms with van der Waals surface area (Å²) < 4.78 is 3.60. The summed E-state index contributed by atoms with van der Waals surface area (Å²) >= 11 is -0.417. The summed E-state index contributed by atoms with van der Waals surface area (Å²) in [4.78, 5) is 0. The van der Waals surface area contributed by atoms with E-state index >= 15 is 0 Å². The minimum atomic E-state index is -0.417. The van der Waals surface area contributed by atoms with Gasteiger partial charge in [-0.25, -0.2) is 0 Å². The van der Waals surface area contributed by atoms with Crippen molar-refractivity contribution in [1.29, 1.82) is 0 Å². The minimum Gasteiger partial charge on any atom is -1.00 e. The molecule has 0 radical (unpaired) electrons. The third kappa shape index (κ3) is 3.30. The molecule has 0 amide bonds. The Bertz CT molecular complexity index is 430. The van der Waals surface area contributed by atoms with Crippen molar-refractivity contribution in [3.05, 3.63) is 42.0 Å². The van der Waals surface area contributed by atoms with E-state index in [1.54, 1.807) is 14.4 Å². The van der Waals surface area contributed by atoms with Crippen molar-refractivity contribution >= 4 is 0 Å². The van der Waals surface area contributed by atoms with E-state index in [4.69, 9.17) is 0 Å². The predicted molar refractivity (Wildman–Crippen MR) is 64.6 cm³/mol. The maximum atomic E-state index is 2.59. The van der Waals surface area contributed by atoms with Crippen molar-refractivity contribution < 1.29 is 48.0 Å². The molecule has 3 heteroatoms. The molecule has 0 saturated heterocycles. The Morgan fingerprint density at radius 1 is 1.17 bits per heavy atom.